The summed E-state index contributed by atoms with van der Waals surface area (Å²) >= 11 is 0. The van der Waals surface area contributed by atoms with E-state index in [9.17, 15) is 58.5 Å². The van der Waals surface area contributed by atoms with Crippen LogP contribution in [0, 0.1) is 20.8 Å². The maximum atomic E-state index is 14.9. The minimum atomic E-state index is -1.31. The van der Waals surface area contributed by atoms with Crippen molar-refractivity contribution in [3.05, 3.63) is 202 Å². The first-order valence-corrected chi connectivity index (χ1v) is 37.5. The SMILES string of the molecule is CC[N+]1=C(/C=C/C=C/C=C2\N(CCCCCC(=O)NCCCC[C@H](NC(=O)[C@H](Cc3ccccc3)NC(=O)[C@H](Cc3ccccc3)NC(=O)CN3CCN(CC(=O)O)CCN(CC(=O)O)CCN(CC(=O)O)CC3)C(=O)COC(=O)c3c(C)cccc3C)c3ccc(C)cc3C2(C)C)C(C)(C)c2ccccc21. The maximum absolute atomic E-state index is 14.9. The first kappa shape index (κ1) is 82.7. The van der Waals surface area contributed by atoms with Gasteiger partial charge in [0.05, 0.1) is 43.2 Å². The molecular weight excluding hydrogens is 1360 g/mol. The highest BCUT2D eigenvalue weighted by Crippen LogP contribution is 2.48. The summed E-state index contributed by atoms with van der Waals surface area (Å²) in [5, 5.41) is 40.9. The normalized spacial score (nSPS) is 17.0. The number of fused-ring (bicyclic) bond motifs is 2. The van der Waals surface area contributed by atoms with Gasteiger partial charge in [0, 0.05) is 119 Å². The zero-order valence-corrected chi connectivity index (χ0v) is 63.5. The second kappa shape index (κ2) is 40.1. The Hall–Kier alpha value is -9.94. The van der Waals surface area contributed by atoms with Gasteiger partial charge in [-0.25, -0.2) is 4.79 Å². The van der Waals surface area contributed by atoms with Crippen LogP contribution in [0.4, 0.5) is 11.4 Å². The van der Waals surface area contributed by atoms with Gasteiger partial charge in [-0.15, -0.1) is 0 Å². The van der Waals surface area contributed by atoms with Gasteiger partial charge in [0.15, 0.2) is 18.1 Å². The number of esters is 1. The molecule has 0 unspecified atom stereocenters. The fraction of sp³-hybridized carbons (Fsp3) is 0.452. The van der Waals surface area contributed by atoms with E-state index in [-0.39, 0.29) is 115 Å². The number of nitrogens with zero attached hydrogens (tertiary/aromatic N) is 6. The third kappa shape index (κ3) is 24.3. The smallest absolute Gasteiger partial charge is 0.339 e. The van der Waals surface area contributed by atoms with Crippen molar-refractivity contribution < 1.29 is 67.8 Å². The van der Waals surface area contributed by atoms with Crippen LogP contribution in [0.5, 0.6) is 0 Å². The van der Waals surface area contributed by atoms with Gasteiger partial charge in [0.2, 0.25) is 29.3 Å². The Morgan fingerprint density at radius 3 is 1.64 bits per heavy atom. The van der Waals surface area contributed by atoms with E-state index in [0.29, 0.717) is 60.0 Å². The fourth-order valence-electron chi connectivity index (χ4n) is 14.5. The predicted octanol–water partition coefficient (Wildman–Crippen LogP) is 8.49. The minimum absolute atomic E-state index is 0.00993. The average Bonchev–Trinajstić information content (AvgIpc) is 1.59. The molecule has 23 heteroatoms. The van der Waals surface area contributed by atoms with Crippen LogP contribution in [-0.2, 0) is 66.8 Å². The lowest BCUT2D eigenvalue weighted by atomic mass is 9.81. The number of amides is 4. The van der Waals surface area contributed by atoms with Crippen molar-refractivity contribution in [3.8, 4) is 0 Å². The fourth-order valence-corrected chi connectivity index (χ4v) is 14.5. The molecule has 0 spiro atoms. The van der Waals surface area contributed by atoms with Crippen LogP contribution in [0.15, 0.2) is 157 Å². The number of ether oxygens (including phenoxy) is 1. The molecule has 7 N–H and O–H groups in total. The van der Waals surface area contributed by atoms with Crippen molar-refractivity contribution in [2.24, 2.45) is 0 Å². The molecule has 107 heavy (non-hydrogen) atoms. The van der Waals surface area contributed by atoms with Gasteiger partial charge in [-0.1, -0.05) is 153 Å². The standard InChI is InChI=1S/C84H108N10O13/c1-9-93-69-35-22-21-33-64(69)83(5,6)72(93)36-18-12-19-37-73-84(7,8)65-51-59(2)39-40-70(65)94(73)42-25-13-20-38-74(96)85-41-24-23-34-66(71(95)58-107-82(106)79-60(3)27-26-28-61(79)4)87-81(105)68(53-63-31-16-11-17-32-63)88-80(104)67(52-62-29-14-10-15-30-62)86-75(97)54-89-43-45-90(55-76(98)99)47-49-92(57-78(102)103)50-48-91(46-44-89)56-77(100)101/h10-12,14-19,21-22,26-33,35-37,39-40,51,66-68H,9,13,20,23-25,34,38,41-50,52-58H2,1-8H3,(H6-,85,86,87,88,96,97,98,99,100,101,102,103,104,105)/p+1/t66-,67-,68-/m0/s1. The first-order chi connectivity index (χ1) is 51.2. The number of ketones is 1. The molecular formula is C84H109N10O13+. The molecule has 572 valence electrons. The Morgan fingerprint density at radius 1 is 0.542 bits per heavy atom. The zero-order valence-electron chi connectivity index (χ0n) is 63.5. The second-order valence-corrected chi connectivity index (χ2v) is 29.2. The van der Waals surface area contributed by atoms with Crippen molar-refractivity contribution >= 4 is 70.4 Å². The lowest BCUT2D eigenvalue weighted by Gasteiger charge is -2.33. The summed E-state index contributed by atoms with van der Waals surface area (Å²) in [5.74, 6) is -6.72. The molecule has 0 aliphatic carbocycles. The lowest BCUT2D eigenvalue weighted by molar-refractivity contribution is -0.433. The Kier molecular flexibility index (Phi) is 31.0. The monoisotopic (exact) mass is 1470 g/mol. The number of hydrogen-bond donors (Lipinski definition) is 7. The molecule has 1 saturated heterocycles. The summed E-state index contributed by atoms with van der Waals surface area (Å²) in [6.45, 7) is 18.2. The number of unbranched alkanes of at least 4 members (excludes halogenated alkanes) is 3. The number of carbonyl (C=O) groups excluding carboxylic acids is 6. The van der Waals surface area contributed by atoms with Gasteiger partial charge in [0.1, 0.15) is 18.6 Å². The van der Waals surface area contributed by atoms with Crippen LogP contribution in [0.25, 0.3) is 0 Å². The van der Waals surface area contributed by atoms with Crippen LogP contribution >= 0.6 is 0 Å². The van der Waals surface area contributed by atoms with Crippen molar-refractivity contribution in [1.29, 1.82) is 0 Å². The Morgan fingerprint density at radius 2 is 1.07 bits per heavy atom. The molecule has 0 bridgehead atoms. The van der Waals surface area contributed by atoms with E-state index in [1.807, 2.05) is 6.07 Å². The molecule has 3 aliphatic rings. The number of nitrogens with one attached hydrogen (secondary N) is 4. The number of benzene rings is 5. The van der Waals surface area contributed by atoms with E-state index >= 15 is 0 Å². The zero-order chi connectivity index (χ0) is 77.2. The van der Waals surface area contributed by atoms with Crippen LogP contribution < -0.4 is 26.2 Å². The number of rotatable bonds is 36. The first-order valence-electron chi connectivity index (χ1n) is 37.5. The molecule has 0 aromatic heterocycles. The van der Waals surface area contributed by atoms with E-state index in [2.05, 4.69) is 145 Å². The maximum Gasteiger partial charge on any atom is 0.339 e. The van der Waals surface area contributed by atoms with E-state index in [1.165, 1.54) is 39.5 Å². The third-order valence-corrected chi connectivity index (χ3v) is 20.4. The summed E-state index contributed by atoms with van der Waals surface area (Å²) in [6, 6.07) is 34.7. The third-order valence-electron chi connectivity index (χ3n) is 20.4. The largest absolute Gasteiger partial charge is 0.480 e. The van der Waals surface area contributed by atoms with Crippen LogP contribution in [0.2, 0.25) is 0 Å². The molecule has 1 fully saturated rings. The average molecular weight is 1470 g/mol. The van der Waals surface area contributed by atoms with Gasteiger partial charge in [0.25, 0.3) is 0 Å². The molecule has 5 aromatic carbocycles. The molecule has 4 amide bonds. The molecule has 5 aromatic rings. The summed E-state index contributed by atoms with van der Waals surface area (Å²) in [7, 11) is 0. The van der Waals surface area contributed by atoms with Crippen LogP contribution in [0.3, 0.4) is 0 Å². The van der Waals surface area contributed by atoms with Crippen molar-refractivity contribution in [2.75, 3.05) is 110 Å². The summed E-state index contributed by atoms with van der Waals surface area (Å²) < 4.78 is 8.04. The summed E-state index contributed by atoms with van der Waals surface area (Å²) in [4.78, 5) is 130. The number of carboxylic acids is 3. The molecule has 0 saturated carbocycles. The van der Waals surface area contributed by atoms with E-state index in [0.717, 1.165) is 25.9 Å². The van der Waals surface area contributed by atoms with Gasteiger partial charge >= 0.3 is 23.9 Å². The number of allylic oxidation sites excluding steroid dienone is 6. The highest BCUT2D eigenvalue weighted by molar-refractivity contribution is 6.03. The number of carbonyl (C=O) groups is 9. The summed E-state index contributed by atoms with van der Waals surface area (Å²) in [6.07, 6.45) is 14.4. The van der Waals surface area contributed by atoms with Crippen molar-refractivity contribution in [1.82, 2.24) is 40.9 Å². The quantitative estimate of drug-likeness (QED) is 0.00856. The lowest BCUT2D eigenvalue weighted by Crippen LogP contribution is -2.58. The minimum Gasteiger partial charge on any atom is -0.480 e. The topological polar surface area (TPSA) is 291 Å². The van der Waals surface area contributed by atoms with Gasteiger partial charge in [-0.2, -0.15) is 4.58 Å². The van der Waals surface area contributed by atoms with E-state index in [4.69, 9.17) is 4.74 Å². The number of hydrogen-bond acceptors (Lipinski definition) is 15. The number of carboxylic acid groups (broad SMARTS) is 3. The molecule has 3 atom stereocenters. The van der Waals surface area contributed by atoms with Gasteiger partial charge in [-0.05, 0) is 114 Å². The summed E-state index contributed by atoms with van der Waals surface area (Å²) in [5.41, 5.74) is 11.4. The Labute approximate surface area is 629 Å². The number of Topliss-reactive ketones (excluding diaryl/α,β-unsaturated/α-hetero) is 1. The Bertz CT molecular complexity index is 4000. The van der Waals surface area contributed by atoms with Crippen LogP contribution in [0.1, 0.15) is 129 Å². The number of anilines is 1. The Balaban J connectivity index is 0.909. The number of aryl methyl sites for hydroxylation is 3. The van der Waals surface area contributed by atoms with E-state index < -0.39 is 72.1 Å². The highest BCUT2D eigenvalue weighted by Gasteiger charge is 2.44. The molecule has 23 nitrogen and oxygen atoms in total. The van der Waals surface area contributed by atoms with Crippen molar-refractivity contribution in [3.63, 3.8) is 0 Å². The predicted molar refractivity (Wildman–Crippen MR) is 414 cm³/mol. The molecule has 8 rings (SSSR count). The van der Waals surface area contributed by atoms with Gasteiger partial charge < -0.3 is 46.2 Å². The molecule has 3 aliphatic heterocycles. The highest BCUT2D eigenvalue weighted by atomic mass is 16.5. The number of para-hydroxylation sites is 1. The van der Waals surface area contributed by atoms with Crippen LogP contribution in [-0.4, -0.2) is 221 Å². The number of aliphatic carboxylic acids is 3. The van der Waals surface area contributed by atoms with Crippen molar-refractivity contribution in [2.45, 2.75) is 142 Å². The molecule has 0 radical (unpaired) electrons. The molecule has 3 heterocycles. The van der Waals surface area contributed by atoms with Gasteiger partial charge in [-0.3, -0.25) is 58.0 Å². The van der Waals surface area contributed by atoms with E-state index in [1.54, 1.807) is 106 Å². The second-order valence-electron chi connectivity index (χ2n) is 29.2.